The van der Waals surface area contributed by atoms with E-state index in [0.717, 1.165) is 6.54 Å². The van der Waals surface area contributed by atoms with E-state index in [1.54, 1.807) is 0 Å². The first-order valence-corrected chi connectivity index (χ1v) is 7.59. The minimum absolute atomic E-state index is 0.240. The van der Waals surface area contributed by atoms with Crippen molar-refractivity contribution in [1.82, 2.24) is 5.32 Å². The average Bonchev–Trinajstić information content (AvgIpc) is 2.23. The summed E-state index contributed by atoms with van der Waals surface area (Å²) in [5, 5.41) is 3.54. The van der Waals surface area contributed by atoms with Gasteiger partial charge in [0.2, 0.25) is 0 Å². The number of hydrogen-bond donors (Lipinski definition) is 1. The van der Waals surface area contributed by atoms with Crippen molar-refractivity contribution in [2.75, 3.05) is 6.54 Å². The number of halogens is 1. The van der Waals surface area contributed by atoms with Crippen molar-refractivity contribution in [2.24, 2.45) is 0 Å². The lowest BCUT2D eigenvalue weighted by atomic mass is 10.0. The van der Waals surface area contributed by atoms with Crippen molar-refractivity contribution in [3.63, 3.8) is 0 Å². The summed E-state index contributed by atoms with van der Waals surface area (Å²) in [4.78, 5) is 0. The highest BCUT2D eigenvalue weighted by molar-refractivity contribution is 9.10. The molecule has 0 aliphatic carbocycles. The van der Waals surface area contributed by atoms with Crippen LogP contribution in [0.1, 0.15) is 50.3 Å². The van der Waals surface area contributed by atoms with Crippen LogP contribution in [-0.2, 0) is 6.42 Å². The average molecular weight is 312 g/mol. The molecule has 0 fully saturated rings. The maximum absolute atomic E-state index is 3.59. The lowest BCUT2D eigenvalue weighted by Crippen LogP contribution is -2.36. The third kappa shape index (κ3) is 5.53. The van der Waals surface area contributed by atoms with E-state index >= 15 is 0 Å². The maximum Gasteiger partial charge on any atom is 0.0207 e. The molecule has 0 amide bonds. The second-order valence-electron chi connectivity index (χ2n) is 6.16. The topological polar surface area (TPSA) is 12.0 Å². The Hall–Kier alpha value is -0.340. The summed E-state index contributed by atoms with van der Waals surface area (Å²) in [6.45, 7) is 12.1. The van der Waals surface area contributed by atoms with Crippen LogP contribution >= 0.6 is 15.9 Å². The molecule has 1 nitrogen and oxygen atoms in total. The first-order valence-electron chi connectivity index (χ1n) is 6.80. The summed E-state index contributed by atoms with van der Waals surface area (Å²) < 4.78 is 1.22. The van der Waals surface area contributed by atoms with E-state index in [0.29, 0.717) is 0 Å². The molecule has 0 aromatic heterocycles. The van der Waals surface area contributed by atoms with Gasteiger partial charge in [-0.05, 0) is 83.2 Å². The molecule has 0 aliphatic rings. The lowest BCUT2D eigenvalue weighted by molar-refractivity contribution is 0.419. The molecule has 18 heavy (non-hydrogen) atoms. The Kier molecular flexibility index (Phi) is 5.87. The van der Waals surface area contributed by atoms with Crippen LogP contribution in [0.15, 0.2) is 16.6 Å². The molecule has 102 valence electrons. The van der Waals surface area contributed by atoms with Crippen molar-refractivity contribution in [3.05, 3.63) is 33.3 Å². The predicted molar refractivity (Wildman–Crippen MR) is 84.3 cm³/mol. The van der Waals surface area contributed by atoms with E-state index in [2.05, 4.69) is 68.0 Å². The Morgan fingerprint density at radius 1 is 1.06 bits per heavy atom. The molecular formula is C16H26BrN. The molecule has 1 rings (SSSR count). The second kappa shape index (κ2) is 6.72. The van der Waals surface area contributed by atoms with Crippen LogP contribution in [0.2, 0.25) is 0 Å². The van der Waals surface area contributed by atoms with Crippen LogP contribution in [0.5, 0.6) is 0 Å². The minimum Gasteiger partial charge on any atom is -0.312 e. The Morgan fingerprint density at radius 2 is 1.72 bits per heavy atom. The molecule has 2 heteroatoms. The monoisotopic (exact) mass is 311 g/mol. The molecule has 0 saturated carbocycles. The standard InChI is InChI=1S/C16H26BrN/c1-12-11-15(17)13(2)10-14(12)8-6-7-9-18-16(3,4)5/h10-11,18H,6-9H2,1-5H3. The molecule has 0 saturated heterocycles. The van der Waals surface area contributed by atoms with Crippen molar-refractivity contribution in [3.8, 4) is 0 Å². The van der Waals surface area contributed by atoms with Gasteiger partial charge in [0.25, 0.3) is 0 Å². The van der Waals surface area contributed by atoms with Gasteiger partial charge < -0.3 is 5.32 Å². The molecule has 0 bridgehead atoms. The van der Waals surface area contributed by atoms with E-state index < -0.39 is 0 Å². The van der Waals surface area contributed by atoms with Gasteiger partial charge in [-0.1, -0.05) is 22.0 Å². The van der Waals surface area contributed by atoms with Gasteiger partial charge in [-0.2, -0.15) is 0 Å². The van der Waals surface area contributed by atoms with E-state index in [9.17, 15) is 0 Å². The number of hydrogen-bond acceptors (Lipinski definition) is 1. The highest BCUT2D eigenvalue weighted by Gasteiger charge is 2.07. The van der Waals surface area contributed by atoms with Crippen LogP contribution in [0.4, 0.5) is 0 Å². The second-order valence-corrected chi connectivity index (χ2v) is 7.02. The molecule has 0 atom stereocenters. The molecule has 0 radical (unpaired) electrons. The first kappa shape index (κ1) is 15.7. The van der Waals surface area contributed by atoms with E-state index in [4.69, 9.17) is 0 Å². The van der Waals surface area contributed by atoms with Crippen molar-refractivity contribution < 1.29 is 0 Å². The lowest BCUT2D eigenvalue weighted by Gasteiger charge is -2.20. The Morgan fingerprint density at radius 3 is 2.33 bits per heavy atom. The Labute approximate surface area is 120 Å². The predicted octanol–water partition coefficient (Wildman–Crippen LogP) is 4.78. The summed E-state index contributed by atoms with van der Waals surface area (Å²) in [6, 6.07) is 4.55. The fourth-order valence-electron chi connectivity index (χ4n) is 2.01. The Balaban J connectivity index is 2.38. The Bertz CT molecular complexity index is 391. The van der Waals surface area contributed by atoms with Crippen molar-refractivity contribution in [1.29, 1.82) is 0 Å². The highest BCUT2D eigenvalue weighted by Crippen LogP contribution is 2.22. The normalized spacial score (nSPS) is 11.9. The van der Waals surface area contributed by atoms with Gasteiger partial charge >= 0.3 is 0 Å². The van der Waals surface area contributed by atoms with Crippen LogP contribution in [-0.4, -0.2) is 12.1 Å². The van der Waals surface area contributed by atoms with Gasteiger partial charge in [0.15, 0.2) is 0 Å². The number of nitrogens with one attached hydrogen (secondary N) is 1. The zero-order valence-corrected chi connectivity index (χ0v) is 13.9. The van der Waals surface area contributed by atoms with Crippen molar-refractivity contribution in [2.45, 2.75) is 59.4 Å². The molecular weight excluding hydrogens is 286 g/mol. The van der Waals surface area contributed by atoms with Crippen LogP contribution < -0.4 is 5.32 Å². The number of unbranched alkanes of at least 4 members (excludes halogenated alkanes) is 1. The van der Waals surface area contributed by atoms with Crippen LogP contribution in [0, 0.1) is 13.8 Å². The molecule has 0 spiro atoms. The van der Waals surface area contributed by atoms with Gasteiger partial charge in [-0.25, -0.2) is 0 Å². The summed E-state index contributed by atoms with van der Waals surface area (Å²) in [6.07, 6.45) is 3.68. The summed E-state index contributed by atoms with van der Waals surface area (Å²) in [5.74, 6) is 0. The largest absolute Gasteiger partial charge is 0.312 e. The molecule has 0 unspecified atom stereocenters. The molecule has 0 aliphatic heterocycles. The number of benzene rings is 1. The van der Waals surface area contributed by atoms with E-state index in [1.807, 2.05) is 0 Å². The molecule has 1 aromatic rings. The maximum atomic E-state index is 3.59. The quantitative estimate of drug-likeness (QED) is 0.772. The van der Waals surface area contributed by atoms with Gasteiger partial charge in [0, 0.05) is 10.0 Å². The van der Waals surface area contributed by atoms with E-state index in [1.165, 1.54) is 40.4 Å². The van der Waals surface area contributed by atoms with Gasteiger partial charge in [-0.15, -0.1) is 0 Å². The zero-order valence-electron chi connectivity index (χ0n) is 12.4. The number of rotatable bonds is 5. The van der Waals surface area contributed by atoms with Gasteiger partial charge in [0.1, 0.15) is 0 Å². The fourth-order valence-corrected chi connectivity index (χ4v) is 2.47. The third-order valence-electron chi connectivity index (χ3n) is 3.15. The van der Waals surface area contributed by atoms with Crippen LogP contribution in [0.25, 0.3) is 0 Å². The fraction of sp³-hybridized carbons (Fsp3) is 0.625. The van der Waals surface area contributed by atoms with Gasteiger partial charge in [-0.3, -0.25) is 0 Å². The smallest absolute Gasteiger partial charge is 0.0207 e. The van der Waals surface area contributed by atoms with Crippen molar-refractivity contribution >= 4 is 15.9 Å². The van der Waals surface area contributed by atoms with E-state index in [-0.39, 0.29) is 5.54 Å². The van der Waals surface area contributed by atoms with Gasteiger partial charge in [0.05, 0.1) is 0 Å². The highest BCUT2D eigenvalue weighted by atomic mass is 79.9. The zero-order chi connectivity index (χ0) is 13.8. The molecule has 0 heterocycles. The SMILES string of the molecule is Cc1cc(CCCCNC(C)(C)C)c(C)cc1Br. The summed E-state index contributed by atoms with van der Waals surface area (Å²) >= 11 is 3.59. The summed E-state index contributed by atoms with van der Waals surface area (Å²) in [5.41, 5.74) is 4.47. The summed E-state index contributed by atoms with van der Waals surface area (Å²) in [7, 11) is 0. The first-order chi connectivity index (χ1) is 8.29. The third-order valence-corrected chi connectivity index (χ3v) is 4.00. The van der Waals surface area contributed by atoms with Crippen LogP contribution in [0.3, 0.4) is 0 Å². The molecule has 1 N–H and O–H groups in total. The number of aryl methyl sites for hydroxylation is 3. The minimum atomic E-state index is 0.240. The molecule has 1 aromatic carbocycles.